The number of morpholine rings is 2. The summed E-state index contributed by atoms with van der Waals surface area (Å²) in [7, 11) is 2.86. The van der Waals surface area contributed by atoms with Crippen LogP contribution in [0.15, 0.2) is 58.4 Å². The number of methoxy groups -OCH3 is 2. The largest absolute Gasteiger partial charge is 0.496 e. The summed E-state index contributed by atoms with van der Waals surface area (Å²) >= 11 is 12.2. The summed E-state index contributed by atoms with van der Waals surface area (Å²) in [6.07, 6.45) is 2.45. The van der Waals surface area contributed by atoms with Gasteiger partial charge < -0.3 is 57.9 Å². The Morgan fingerprint density at radius 3 is 1.32 bits per heavy atom. The van der Waals surface area contributed by atoms with Gasteiger partial charge in [-0.1, -0.05) is 64.7 Å². The maximum atomic E-state index is 15.3. The molecule has 0 radical (unpaired) electrons. The summed E-state index contributed by atoms with van der Waals surface area (Å²) in [4.78, 5) is 55.1. The van der Waals surface area contributed by atoms with Crippen LogP contribution in [0, 0.1) is 34.1 Å². The number of carbonyl (C=O) groups is 2. The molecule has 0 bridgehead atoms. The number of aromatic nitrogens is 2. The molecule has 0 saturated carbocycles. The fourth-order valence-corrected chi connectivity index (χ4v) is 10.5. The zero-order valence-corrected chi connectivity index (χ0v) is 47.6. The van der Waals surface area contributed by atoms with Gasteiger partial charge in [0.15, 0.2) is 11.6 Å². The number of hydrogen-bond acceptors (Lipinski definition) is 13. The number of pyridine rings is 2. The predicted molar refractivity (Wildman–Crippen MR) is 298 cm³/mol. The summed E-state index contributed by atoms with van der Waals surface area (Å²) in [5.41, 5.74) is -0.836. The molecule has 0 amide bonds. The molecule has 4 aromatic carbocycles. The van der Waals surface area contributed by atoms with E-state index in [1.54, 1.807) is 38.0 Å². The first-order valence-corrected chi connectivity index (χ1v) is 26.7. The van der Waals surface area contributed by atoms with Crippen molar-refractivity contribution in [3.05, 3.63) is 136 Å². The van der Waals surface area contributed by atoms with Gasteiger partial charge in [-0.3, -0.25) is 9.59 Å². The molecule has 0 spiro atoms. The molecule has 4 heterocycles. The van der Waals surface area contributed by atoms with E-state index in [0.29, 0.717) is 86.3 Å². The van der Waals surface area contributed by atoms with Crippen LogP contribution in [0.4, 0.5) is 28.9 Å². The van der Waals surface area contributed by atoms with Gasteiger partial charge in [0.1, 0.15) is 44.3 Å². The van der Waals surface area contributed by atoms with Crippen molar-refractivity contribution in [3.63, 3.8) is 0 Å². The van der Waals surface area contributed by atoms with Gasteiger partial charge >= 0.3 is 11.9 Å². The van der Waals surface area contributed by atoms with Crippen LogP contribution in [-0.2, 0) is 27.1 Å². The van der Waals surface area contributed by atoms with E-state index >= 15 is 13.2 Å². The van der Waals surface area contributed by atoms with Crippen molar-refractivity contribution in [1.29, 1.82) is 0 Å². The summed E-state index contributed by atoms with van der Waals surface area (Å²) in [6, 6.07) is 7.91. The third kappa shape index (κ3) is 12.5. The van der Waals surface area contributed by atoms with Gasteiger partial charge in [-0.05, 0) is 64.3 Å². The van der Waals surface area contributed by atoms with Gasteiger partial charge in [0.25, 0.3) is 0 Å². The van der Waals surface area contributed by atoms with Gasteiger partial charge in [0.05, 0.1) is 95.0 Å². The molecule has 2 atom stereocenters. The van der Waals surface area contributed by atoms with E-state index in [2.05, 4.69) is 0 Å². The number of anilines is 2. The van der Waals surface area contributed by atoms with E-state index in [4.69, 9.17) is 46.9 Å². The number of benzene rings is 4. The lowest BCUT2D eigenvalue weighted by Gasteiger charge is -2.33. The molecule has 2 aliphatic heterocycles. The Labute approximate surface area is 469 Å². The van der Waals surface area contributed by atoms with Gasteiger partial charge in [-0.2, -0.15) is 0 Å². The van der Waals surface area contributed by atoms with E-state index < -0.39 is 84.6 Å². The number of ether oxygens (including phenoxy) is 5. The van der Waals surface area contributed by atoms with Crippen LogP contribution in [0.25, 0.3) is 21.8 Å². The highest BCUT2D eigenvalue weighted by atomic mass is 35.5. The Morgan fingerprint density at radius 1 is 0.613 bits per heavy atom. The van der Waals surface area contributed by atoms with E-state index in [1.165, 1.54) is 50.9 Å². The van der Waals surface area contributed by atoms with Crippen molar-refractivity contribution < 1.29 is 66.2 Å². The predicted octanol–water partition coefficient (Wildman–Crippen LogP) is 9.77. The Balaban J connectivity index is 0.000000231. The lowest BCUT2D eigenvalue weighted by atomic mass is 9.86. The number of aromatic carboxylic acids is 1. The maximum Gasteiger partial charge on any atom is 0.343 e. The summed E-state index contributed by atoms with van der Waals surface area (Å²) in [5, 5.41) is 29.2. The highest BCUT2D eigenvalue weighted by molar-refractivity contribution is 6.31. The van der Waals surface area contributed by atoms with E-state index in [0.717, 1.165) is 0 Å². The van der Waals surface area contributed by atoms with Gasteiger partial charge in [-0.25, -0.2) is 27.2 Å². The smallest absolute Gasteiger partial charge is 0.343 e. The van der Waals surface area contributed by atoms with Crippen LogP contribution in [-0.4, -0.2) is 123 Å². The first kappa shape index (κ1) is 61.2. The third-order valence-electron chi connectivity index (χ3n) is 14.5. The average molecular weight is 1160 g/mol. The Hall–Kier alpha value is -6.42. The summed E-state index contributed by atoms with van der Waals surface area (Å²) in [5.74, 6) is -5.11. The van der Waals surface area contributed by atoms with Crippen LogP contribution in [0.3, 0.4) is 0 Å². The molecule has 8 rings (SSSR count). The van der Waals surface area contributed by atoms with E-state index in [1.807, 2.05) is 41.5 Å². The van der Waals surface area contributed by atoms with Crippen LogP contribution in [0.2, 0.25) is 10.0 Å². The summed E-state index contributed by atoms with van der Waals surface area (Å²) in [6.45, 7) is 15.8. The first-order chi connectivity index (χ1) is 37.8. The number of fused-ring (bicyclic) bond motifs is 2. The number of carboxylic acids is 1. The number of aliphatic hydroxyl groups excluding tert-OH is 2. The van der Waals surface area contributed by atoms with Crippen molar-refractivity contribution in [3.8, 4) is 11.5 Å². The quantitative estimate of drug-likeness (QED) is 0.0500. The second kappa shape index (κ2) is 25.2. The van der Waals surface area contributed by atoms with Crippen LogP contribution < -0.4 is 30.1 Å². The molecular formula is C58H66Cl2F4N4O12. The maximum absolute atomic E-state index is 15.3. The van der Waals surface area contributed by atoms with Crippen LogP contribution >= 0.6 is 23.2 Å². The Morgan fingerprint density at radius 2 is 0.988 bits per heavy atom. The van der Waals surface area contributed by atoms with Gasteiger partial charge in [0.2, 0.25) is 10.9 Å². The highest BCUT2D eigenvalue weighted by Gasteiger charge is 2.32. The topological polar surface area (TPSA) is 191 Å². The number of aliphatic hydroxyl groups is 2. The molecule has 22 heteroatoms. The number of halogens is 6. The molecule has 2 saturated heterocycles. The molecule has 3 N–H and O–H groups in total. The lowest BCUT2D eigenvalue weighted by Crippen LogP contribution is -2.37. The monoisotopic (exact) mass is 1160 g/mol. The fourth-order valence-electron chi connectivity index (χ4n) is 10.1. The molecular weight excluding hydrogens is 1090 g/mol. The van der Waals surface area contributed by atoms with Gasteiger partial charge in [-0.15, -0.1) is 0 Å². The van der Waals surface area contributed by atoms with E-state index in [-0.39, 0.29) is 71.5 Å². The van der Waals surface area contributed by atoms with Crippen molar-refractivity contribution >= 4 is 68.3 Å². The number of esters is 1. The normalized spacial score (nSPS) is 14.9. The number of carbonyl (C=O) groups excluding carboxylic acids is 1. The lowest BCUT2D eigenvalue weighted by molar-refractivity contribution is 0.0521. The number of hydrogen-bond donors (Lipinski definition) is 3. The molecule has 432 valence electrons. The molecule has 16 nitrogen and oxygen atoms in total. The number of carboxylic acid groups (broad SMARTS) is 1. The second-order valence-corrected chi connectivity index (χ2v) is 22.4. The molecule has 0 unspecified atom stereocenters. The third-order valence-corrected chi connectivity index (χ3v) is 15.1. The first-order valence-electron chi connectivity index (χ1n) is 25.9. The molecule has 6 aromatic rings. The SMILES string of the molecule is CCOC(=O)c1cn([C@H](CO)C(C)(C)C)c2cc(OC)c(Cc3cc(N4CCOCC4)c(F)c(Cl)c3F)cc2c1=O.COc1cc2c(cc1Cc1cc(N3CCOCC3)c(F)c(Cl)c1F)c(=O)c(C(=O)O)cn2[C@H](CO)C(C)(C)C. The number of nitrogens with zero attached hydrogens (tertiary/aromatic N) is 4. The fraction of sp³-hybridized carbons (Fsp3) is 0.448. The van der Waals surface area contributed by atoms with Crippen LogP contribution in [0.1, 0.15) is 104 Å². The molecule has 2 aromatic heterocycles. The Kier molecular flexibility index (Phi) is 19.2. The molecule has 0 aliphatic carbocycles. The summed E-state index contributed by atoms with van der Waals surface area (Å²) < 4.78 is 90.8. The Bertz CT molecular complexity index is 3440. The zero-order chi connectivity index (χ0) is 58.7. The van der Waals surface area contributed by atoms with E-state index in [9.17, 15) is 38.9 Å². The zero-order valence-electron chi connectivity index (χ0n) is 46.0. The van der Waals surface area contributed by atoms with Crippen molar-refractivity contribution in [2.75, 3.05) is 96.4 Å². The minimum absolute atomic E-state index is 0.0652. The standard InChI is InChI=1S/C30H35ClF2N2O6.C28H31ClF2N2O6/c1-6-41-29(38)20-15-35(24(16-36)30(2,3)4)21-14-23(39-5)17(12-19(21)28(20)37)11-18-13-22(27(33)25(31)26(18)32)34-7-9-40-10-8-34;1-28(2,3)22(14-34)33-13-18(27(36)37)26(35)17-10-15(21(38-4)12-19(17)33)9-16-11-20(25(31)23(29)24(16)30)32-5-7-39-8-6-32/h12-15,24,36H,6-11,16H2,1-5H3;10-13,22,34H,5-9,14H2,1-4H3,(H,36,37)/t24-;22-/m11/s1. The molecule has 2 aliphatic rings. The average Bonchev–Trinajstić information content (AvgIpc) is 3.42. The van der Waals surface area contributed by atoms with Crippen molar-refractivity contribution in [1.82, 2.24) is 9.13 Å². The molecule has 2 fully saturated rings. The highest BCUT2D eigenvalue weighted by Crippen LogP contribution is 2.40. The van der Waals surface area contributed by atoms with Crippen molar-refractivity contribution in [2.45, 2.75) is 73.4 Å². The minimum Gasteiger partial charge on any atom is -0.496 e. The molecule has 80 heavy (non-hydrogen) atoms. The van der Waals surface area contributed by atoms with Gasteiger partial charge in [0, 0.05) is 74.3 Å². The van der Waals surface area contributed by atoms with Crippen LogP contribution in [0.5, 0.6) is 11.5 Å². The van der Waals surface area contributed by atoms with Crippen molar-refractivity contribution in [2.24, 2.45) is 10.8 Å². The minimum atomic E-state index is -1.41. The number of rotatable bonds is 15. The second-order valence-electron chi connectivity index (χ2n) is 21.6.